The lowest BCUT2D eigenvalue weighted by Gasteiger charge is -2.39. The maximum Gasteiger partial charge on any atom is 0.325 e. The zero-order valence-corrected chi connectivity index (χ0v) is 33.5. The average molecular weight is 807 g/mol. The van der Waals surface area contributed by atoms with Gasteiger partial charge in [-0.3, -0.25) is 14.9 Å². The van der Waals surface area contributed by atoms with E-state index in [1.807, 2.05) is 30.5 Å². The van der Waals surface area contributed by atoms with Gasteiger partial charge < -0.3 is 38.8 Å². The monoisotopic (exact) mass is 806 g/mol. The van der Waals surface area contributed by atoms with E-state index in [9.17, 15) is 14.4 Å². The predicted molar refractivity (Wildman–Crippen MR) is 217 cm³/mol. The number of nitrogens with zero attached hydrogens (tertiary/aromatic N) is 8. The summed E-state index contributed by atoms with van der Waals surface area (Å²) in [5.74, 6) is -1.95. The zero-order chi connectivity index (χ0) is 40.4. The van der Waals surface area contributed by atoms with Gasteiger partial charge in [0.15, 0.2) is 27.8 Å². The number of ether oxygens (including phenoxy) is 1. The molecule has 0 radical (unpaired) electrons. The largest absolute Gasteiger partial charge is 0.492 e. The zero-order valence-electron chi connectivity index (χ0n) is 32.7. The number of anilines is 4. The minimum atomic E-state index is -0.828. The van der Waals surface area contributed by atoms with E-state index in [1.54, 1.807) is 22.6 Å². The fraction of sp³-hybridized carbons (Fsp3) is 0.462. The molecule has 1 saturated carbocycles. The number of hydrogen-bond donors (Lipinski definition) is 2. The van der Waals surface area contributed by atoms with E-state index in [1.165, 1.54) is 19.4 Å². The average Bonchev–Trinajstić information content (AvgIpc) is 3.93. The van der Waals surface area contributed by atoms with Crippen molar-refractivity contribution in [1.82, 2.24) is 29.1 Å². The number of methoxy groups -OCH3 is 1. The molecule has 2 N–H and O–H groups in total. The first-order valence-corrected chi connectivity index (χ1v) is 19.9. The number of pyridine rings is 2. The van der Waals surface area contributed by atoms with Crippen LogP contribution in [0.15, 0.2) is 34.1 Å². The predicted octanol–water partition coefficient (Wildman–Crippen LogP) is 5.54. The maximum absolute atomic E-state index is 16.2. The normalized spacial score (nSPS) is 19.5. The van der Waals surface area contributed by atoms with Gasteiger partial charge in [-0.25, -0.2) is 18.0 Å². The van der Waals surface area contributed by atoms with E-state index in [0.717, 1.165) is 36.8 Å². The Balaban J connectivity index is 1.08. The van der Waals surface area contributed by atoms with E-state index in [2.05, 4.69) is 37.6 Å². The molecule has 3 aliphatic rings. The molecule has 3 fully saturated rings. The first kappa shape index (κ1) is 38.7. The summed E-state index contributed by atoms with van der Waals surface area (Å²) < 4.78 is 57.1. The molecule has 3 aromatic heterocycles. The fourth-order valence-corrected chi connectivity index (χ4v) is 8.71. The lowest BCUT2D eigenvalue weighted by atomic mass is 10.1. The van der Waals surface area contributed by atoms with Gasteiger partial charge in [0.1, 0.15) is 22.9 Å². The van der Waals surface area contributed by atoms with Gasteiger partial charge >= 0.3 is 6.03 Å². The minimum absolute atomic E-state index is 0.00371. The van der Waals surface area contributed by atoms with Crippen LogP contribution in [0.5, 0.6) is 5.75 Å². The minimum Gasteiger partial charge on any atom is -0.492 e. The number of rotatable bonds is 8. The van der Waals surface area contributed by atoms with Gasteiger partial charge in [0, 0.05) is 76.3 Å². The molecule has 2 atom stereocenters. The molecular weight excluding hydrogens is 762 g/mol. The van der Waals surface area contributed by atoms with Crippen molar-refractivity contribution in [3.05, 3.63) is 62.4 Å². The second-order valence-electron chi connectivity index (χ2n) is 15.3. The summed E-state index contributed by atoms with van der Waals surface area (Å²) in [6, 6.07) is 1.77. The third-order valence-corrected chi connectivity index (χ3v) is 12.5. The molecule has 0 spiro atoms. The lowest BCUT2D eigenvalue weighted by molar-refractivity contribution is 0.232. The molecule has 0 bridgehead atoms. The highest BCUT2D eigenvalue weighted by atomic mass is 32.1. The highest BCUT2D eigenvalue weighted by molar-refractivity contribution is 7.18. The number of halogens is 3. The van der Waals surface area contributed by atoms with E-state index in [4.69, 9.17) is 4.74 Å². The number of nitrogens with one attached hydrogen (secondary N) is 2. The Bertz CT molecular complexity index is 2540. The Hall–Kier alpha value is -5.20. The number of piperazine rings is 2. The summed E-state index contributed by atoms with van der Waals surface area (Å²) in [7, 11) is 5.46. The van der Waals surface area contributed by atoms with Crippen LogP contribution in [-0.2, 0) is 6.54 Å². The summed E-state index contributed by atoms with van der Waals surface area (Å²) in [6.45, 7) is 9.53. The molecule has 302 valence electrons. The molecule has 8 rings (SSSR count). The van der Waals surface area contributed by atoms with Crippen molar-refractivity contribution in [2.24, 2.45) is 0 Å². The summed E-state index contributed by atoms with van der Waals surface area (Å²) in [5.41, 5.74) is -0.643. The third kappa shape index (κ3) is 6.86. The van der Waals surface area contributed by atoms with Crippen LogP contribution < -0.4 is 36.0 Å². The van der Waals surface area contributed by atoms with Crippen LogP contribution in [0.2, 0.25) is 0 Å². The molecule has 1 aliphatic carbocycles. The highest BCUT2D eigenvalue weighted by Crippen LogP contribution is 2.44. The van der Waals surface area contributed by atoms with Crippen LogP contribution in [0.25, 0.3) is 32.4 Å². The van der Waals surface area contributed by atoms with Gasteiger partial charge in [-0.1, -0.05) is 11.3 Å². The molecule has 2 aliphatic heterocycles. The number of likely N-dealkylation sites (N-methyl/N-ethyl adjacent to an activating group) is 2. The van der Waals surface area contributed by atoms with Gasteiger partial charge in [0.2, 0.25) is 10.6 Å². The number of carbonyl (C=O) groups excluding carboxylic acids is 1. The molecule has 2 amide bonds. The number of aryl methyl sites for hydroxylation is 1. The van der Waals surface area contributed by atoms with Crippen molar-refractivity contribution in [3.8, 4) is 16.3 Å². The Morgan fingerprint density at radius 3 is 2.07 bits per heavy atom. The number of hydrogen-bond acceptors (Lipinski definition) is 11. The molecule has 2 unspecified atom stereocenters. The van der Waals surface area contributed by atoms with Gasteiger partial charge in [0.25, 0.3) is 0 Å². The molecule has 18 heteroatoms. The van der Waals surface area contributed by atoms with Crippen molar-refractivity contribution < 1.29 is 22.7 Å². The molecule has 2 aromatic carbocycles. The quantitative estimate of drug-likeness (QED) is 0.206. The first-order valence-electron chi connectivity index (χ1n) is 19.1. The van der Waals surface area contributed by atoms with E-state index >= 15 is 13.2 Å². The van der Waals surface area contributed by atoms with Crippen molar-refractivity contribution in [3.63, 3.8) is 0 Å². The second-order valence-corrected chi connectivity index (χ2v) is 16.2. The fourth-order valence-electron chi connectivity index (χ4n) is 7.97. The Morgan fingerprint density at radius 1 is 0.860 bits per heavy atom. The number of amides is 2. The van der Waals surface area contributed by atoms with Crippen LogP contribution in [0, 0.1) is 17.5 Å². The van der Waals surface area contributed by atoms with Crippen LogP contribution in [-0.4, -0.2) is 108 Å². The number of fused-ring (bicyclic) bond motifs is 2. The summed E-state index contributed by atoms with van der Waals surface area (Å²) in [4.78, 5) is 49.0. The van der Waals surface area contributed by atoms with Gasteiger partial charge in [-0.15, -0.1) is 10.2 Å². The first-order chi connectivity index (χ1) is 27.3. The molecule has 5 aromatic rings. The standard InChI is InChI=1S/C39H45F3N10O4S/c1-7-49-18-25(34(53)23-14-26(40)32(29(42)30(23)49)50-12-10-47(4)20(2)16-50)37-45-46-39(57-37)44-38(55)43-28-19-52(22-8-9-22)31-24(35(28)54)15-27(41)33(36(31)56-6)51-13-11-48(5)21(3)17-51/h14-15,18-22H,7-13,16-17H2,1-6H3,(H2,43,44,46,55). The Labute approximate surface area is 330 Å². The van der Waals surface area contributed by atoms with Crippen LogP contribution in [0.4, 0.5) is 40.2 Å². The van der Waals surface area contributed by atoms with Crippen molar-refractivity contribution in [1.29, 1.82) is 0 Å². The van der Waals surface area contributed by atoms with Gasteiger partial charge in [-0.05, 0) is 59.8 Å². The van der Waals surface area contributed by atoms with Crippen LogP contribution in [0.1, 0.15) is 39.7 Å². The molecule has 5 heterocycles. The van der Waals surface area contributed by atoms with Crippen LogP contribution in [0.3, 0.4) is 0 Å². The van der Waals surface area contributed by atoms with E-state index < -0.39 is 34.3 Å². The van der Waals surface area contributed by atoms with E-state index in [0.29, 0.717) is 43.9 Å². The SMILES string of the molecule is CCn1cc(-c2nnc(NC(=O)Nc3cn(C4CC4)c4c(OC)c(N5CCN(C)C(C)C5)c(F)cc4c3=O)s2)c(=O)c2cc(F)c(N3CCN(C)C(C)C3)c(F)c21. The lowest BCUT2D eigenvalue weighted by Crippen LogP contribution is -2.50. The molecule has 14 nitrogen and oxygen atoms in total. The number of urea groups is 1. The van der Waals surface area contributed by atoms with Crippen molar-refractivity contribution in [2.75, 3.05) is 80.9 Å². The summed E-state index contributed by atoms with van der Waals surface area (Å²) in [6.07, 6.45) is 4.69. The second kappa shape index (κ2) is 14.9. The number of aromatic nitrogens is 4. The van der Waals surface area contributed by atoms with Crippen molar-refractivity contribution >= 4 is 61.4 Å². The Morgan fingerprint density at radius 2 is 1.47 bits per heavy atom. The van der Waals surface area contributed by atoms with Crippen molar-refractivity contribution in [2.45, 2.75) is 58.3 Å². The van der Waals surface area contributed by atoms with Crippen LogP contribution >= 0.6 is 11.3 Å². The summed E-state index contributed by atoms with van der Waals surface area (Å²) in [5, 5.41) is 13.4. The number of benzene rings is 2. The van der Waals surface area contributed by atoms with Gasteiger partial charge in [-0.2, -0.15) is 0 Å². The van der Waals surface area contributed by atoms with Gasteiger partial charge in [0.05, 0.1) is 34.5 Å². The maximum atomic E-state index is 16.2. The number of carbonyl (C=O) groups is 1. The smallest absolute Gasteiger partial charge is 0.325 e. The highest BCUT2D eigenvalue weighted by Gasteiger charge is 2.33. The summed E-state index contributed by atoms with van der Waals surface area (Å²) >= 11 is 0.883. The topological polar surface area (TPSA) is 133 Å². The van der Waals surface area contributed by atoms with E-state index in [-0.39, 0.29) is 73.8 Å². The Kier molecular flexibility index (Phi) is 10.1. The molecule has 2 saturated heterocycles. The molecular formula is C39H45F3N10O4S. The third-order valence-electron chi connectivity index (χ3n) is 11.6. The molecule has 57 heavy (non-hydrogen) atoms.